The molecular formula is C15H12ClN3O3. The molecule has 0 saturated heterocycles. The highest BCUT2D eigenvalue weighted by molar-refractivity contribution is 6.32. The standard InChI is InChI=1S/C15H12ClN3O3/c1-20-12-9(3-2-4-10(12)16)13-18-15(22-19-13)11-7-17-14(21-11)8-5-6-8/h2-4,7-8H,5-6H2,1H3. The normalized spacial score (nSPS) is 14.3. The highest BCUT2D eigenvalue weighted by Crippen LogP contribution is 2.40. The van der Waals surface area contributed by atoms with Crippen LogP contribution in [0.5, 0.6) is 5.75 Å². The summed E-state index contributed by atoms with van der Waals surface area (Å²) < 4.78 is 16.2. The molecule has 112 valence electrons. The quantitative estimate of drug-likeness (QED) is 0.725. The van der Waals surface area contributed by atoms with Crippen molar-refractivity contribution in [3.8, 4) is 28.8 Å². The Balaban J connectivity index is 1.70. The van der Waals surface area contributed by atoms with Gasteiger partial charge in [0.05, 0.1) is 23.9 Å². The van der Waals surface area contributed by atoms with Crippen LogP contribution in [0.15, 0.2) is 33.3 Å². The molecule has 0 N–H and O–H groups in total. The summed E-state index contributed by atoms with van der Waals surface area (Å²) >= 11 is 6.11. The molecule has 6 nitrogen and oxygen atoms in total. The minimum Gasteiger partial charge on any atom is -0.494 e. The third kappa shape index (κ3) is 2.25. The smallest absolute Gasteiger partial charge is 0.295 e. The Morgan fingerprint density at radius 3 is 2.95 bits per heavy atom. The van der Waals surface area contributed by atoms with E-state index in [1.165, 1.54) is 0 Å². The van der Waals surface area contributed by atoms with Gasteiger partial charge < -0.3 is 13.7 Å². The predicted molar refractivity (Wildman–Crippen MR) is 78.8 cm³/mol. The topological polar surface area (TPSA) is 74.2 Å². The Kier molecular flexibility index (Phi) is 3.11. The third-order valence-corrected chi connectivity index (χ3v) is 3.80. The van der Waals surface area contributed by atoms with Crippen LogP contribution in [0.2, 0.25) is 5.02 Å². The number of methoxy groups -OCH3 is 1. The van der Waals surface area contributed by atoms with Gasteiger partial charge in [-0.1, -0.05) is 22.8 Å². The molecule has 0 radical (unpaired) electrons. The highest BCUT2D eigenvalue weighted by Gasteiger charge is 2.29. The van der Waals surface area contributed by atoms with E-state index in [9.17, 15) is 0 Å². The second-order valence-corrected chi connectivity index (χ2v) is 5.49. The number of para-hydroxylation sites is 1. The largest absolute Gasteiger partial charge is 0.494 e. The molecule has 0 bridgehead atoms. The zero-order chi connectivity index (χ0) is 15.1. The lowest BCUT2D eigenvalue weighted by atomic mass is 10.2. The van der Waals surface area contributed by atoms with Gasteiger partial charge in [-0.05, 0) is 25.0 Å². The van der Waals surface area contributed by atoms with E-state index in [0.717, 1.165) is 18.7 Å². The first kappa shape index (κ1) is 13.3. The molecule has 1 fully saturated rings. The fourth-order valence-electron chi connectivity index (χ4n) is 2.23. The number of benzene rings is 1. The van der Waals surface area contributed by atoms with Crippen LogP contribution < -0.4 is 4.74 Å². The van der Waals surface area contributed by atoms with Gasteiger partial charge in [-0.15, -0.1) is 0 Å². The SMILES string of the molecule is COc1c(Cl)cccc1-c1noc(-c2cnc(C3CC3)o2)n1. The van der Waals surface area contributed by atoms with Crippen molar-refractivity contribution in [2.24, 2.45) is 0 Å². The predicted octanol–water partition coefficient (Wildman–Crippen LogP) is 3.93. The van der Waals surface area contributed by atoms with Gasteiger partial charge in [0.25, 0.3) is 5.89 Å². The maximum Gasteiger partial charge on any atom is 0.295 e. The fraction of sp³-hybridized carbons (Fsp3) is 0.267. The van der Waals surface area contributed by atoms with Gasteiger partial charge in [0.2, 0.25) is 11.6 Å². The number of nitrogens with zero attached hydrogens (tertiary/aromatic N) is 3. The number of hydrogen-bond donors (Lipinski definition) is 0. The summed E-state index contributed by atoms with van der Waals surface area (Å²) in [5, 5.41) is 4.46. The third-order valence-electron chi connectivity index (χ3n) is 3.50. The maximum absolute atomic E-state index is 6.11. The Labute approximate surface area is 131 Å². The second kappa shape index (κ2) is 5.14. The van der Waals surface area contributed by atoms with Crippen molar-refractivity contribution < 1.29 is 13.7 Å². The lowest BCUT2D eigenvalue weighted by Crippen LogP contribution is -1.90. The molecule has 2 aromatic heterocycles. The molecule has 0 spiro atoms. The zero-order valence-electron chi connectivity index (χ0n) is 11.7. The van der Waals surface area contributed by atoms with Gasteiger partial charge >= 0.3 is 0 Å². The molecule has 0 unspecified atom stereocenters. The van der Waals surface area contributed by atoms with Gasteiger partial charge in [0.1, 0.15) is 5.75 Å². The average Bonchev–Trinajstić information content (AvgIpc) is 3.07. The first-order valence-corrected chi connectivity index (χ1v) is 7.26. The lowest BCUT2D eigenvalue weighted by Gasteiger charge is -2.06. The summed E-state index contributed by atoms with van der Waals surface area (Å²) in [5.41, 5.74) is 0.659. The monoisotopic (exact) mass is 317 g/mol. The van der Waals surface area contributed by atoms with E-state index in [0.29, 0.717) is 33.8 Å². The second-order valence-electron chi connectivity index (χ2n) is 5.08. The lowest BCUT2D eigenvalue weighted by molar-refractivity contribution is 0.407. The van der Waals surface area contributed by atoms with Crippen molar-refractivity contribution in [2.45, 2.75) is 18.8 Å². The summed E-state index contributed by atoms with van der Waals surface area (Å²) in [7, 11) is 1.55. The van der Waals surface area contributed by atoms with E-state index in [-0.39, 0.29) is 5.89 Å². The maximum atomic E-state index is 6.11. The Bertz CT molecular complexity index is 823. The van der Waals surface area contributed by atoms with Crippen LogP contribution in [0.1, 0.15) is 24.7 Å². The van der Waals surface area contributed by atoms with E-state index in [2.05, 4.69) is 15.1 Å². The van der Waals surface area contributed by atoms with Crippen LogP contribution in [0, 0.1) is 0 Å². The van der Waals surface area contributed by atoms with Crippen LogP contribution in [-0.2, 0) is 0 Å². The summed E-state index contributed by atoms with van der Waals surface area (Å²) in [5.74, 6) is 2.82. The van der Waals surface area contributed by atoms with Crippen LogP contribution in [0.3, 0.4) is 0 Å². The van der Waals surface area contributed by atoms with Crippen LogP contribution in [0.4, 0.5) is 0 Å². The average molecular weight is 318 g/mol. The van der Waals surface area contributed by atoms with Crippen LogP contribution in [-0.4, -0.2) is 22.2 Å². The van der Waals surface area contributed by atoms with Gasteiger partial charge in [-0.2, -0.15) is 4.98 Å². The number of aromatic nitrogens is 3. The van der Waals surface area contributed by atoms with Crippen LogP contribution >= 0.6 is 11.6 Å². The van der Waals surface area contributed by atoms with Crippen molar-refractivity contribution in [1.29, 1.82) is 0 Å². The van der Waals surface area contributed by atoms with Crippen molar-refractivity contribution in [3.05, 3.63) is 35.3 Å². The van der Waals surface area contributed by atoms with E-state index in [4.69, 9.17) is 25.3 Å². The zero-order valence-corrected chi connectivity index (χ0v) is 12.5. The molecule has 1 aliphatic carbocycles. The molecule has 1 aliphatic rings. The van der Waals surface area contributed by atoms with Crippen LogP contribution in [0.25, 0.3) is 23.0 Å². The number of ether oxygens (including phenoxy) is 1. The Morgan fingerprint density at radius 2 is 2.18 bits per heavy atom. The molecule has 2 heterocycles. The minimum atomic E-state index is 0.288. The van der Waals surface area contributed by atoms with Gasteiger partial charge in [0, 0.05) is 5.92 Å². The Morgan fingerprint density at radius 1 is 1.32 bits per heavy atom. The van der Waals surface area contributed by atoms with Crippen molar-refractivity contribution in [2.75, 3.05) is 7.11 Å². The number of halogens is 1. The number of oxazole rings is 1. The van der Waals surface area contributed by atoms with Crippen molar-refractivity contribution in [3.63, 3.8) is 0 Å². The molecular weight excluding hydrogens is 306 g/mol. The fourth-order valence-corrected chi connectivity index (χ4v) is 2.48. The van der Waals surface area contributed by atoms with E-state index in [1.807, 2.05) is 6.07 Å². The summed E-state index contributed by atoms with van der Waals surface area (Å²) in [6.45, 7) is 0. The molecule has 0 atom stereocenters. The van der Waals surface area contributed by atoms with Crippen molar-refractivity contribution >= 4 is 11.6 Å². The summed E-state index contributed by atoms with van der Waals surface area (Å²) in [6, 6.07) is 5.36. The van der Waals surface area contributed by atoms with Crippen molar-refractivity contribution in [1.82, 2.24) is 15.1 Å². The van der Waals surface area contributed by atoms with E-state index in [1.54, 1.807) is 25.4 Å². The molecule has 1 aromatic carbocycles. The molecule has 7 heteroatoms. The number of rotatable bonds is 4. The van der Waals surface area contributed by atoms with E-state index < -0.39 is 0 Å². The number of hydrogen-bond acceptors (Lipinski definition) is 6. The molecule has 4 rings (SSSR count). The first-order chi connectivity index (χ1) is 10.8. The van der Waals surface area contributed by atoms with E-state index >= 15 is 0 Å². The first-order valence-electron chi connectivity index (χ1n) is 6.89. The van der Waals surface area contributed by atoms with Gasteiger partial charge in [-0.3, -0.25) is 0 Å². The summed E-state index contributed by atoms with van der Waals surface area (Å²) in [4.78, 5) is 8.59. The Hall–Kier alpha value is -2.34. The molecule has 3 aromatic rings. The molecule has 22 heavy (non-hydrogen) atoms. The highest BCUT2D eigenvalue weighted by atomic mass is 35.5. The van der Waals surface area contributed by atoms with Gasteiger partial charge in [-0.25, -0.2) is 4.98 Å². The molecule has 0 amide bonds. The molecule has 1 saturated carbocycles. The van der Waals surface area contributed by atoms with Gasteiger partial charge in [0.15, 0.2) is 5.89 Å². The minimum absolute atomic E-state index is 0.288. The summed E-state index contributed by atoms with van der Waals surface area (Å²) in [6.07, 6.45) is 3.85. The molecule has 0 aliphatic heterocycles.